The largest absolute Gasteiger partial charge is 0.290 e. The van der Waals surface area contributed by atoms with E-state index in [1.54, 1.807) is 11.6 Å². The average molecular weight is 200 g/mol. The Kier molecular flexibility index (Phi) is 3.49. The molecule has 1 rings (SSSR count). The Bertz CT molecular complexity index is 277. The molecule has 0 radical (unpaired) electrons. The molecule has 1 heterocycles. The molecule has 1 aromatic heterocycles. The molecular weight excluding hydrogens is 190 g/mol. The van der Waals surface area contributed by atoms with Gasteiger partial charge in [-0.25, -0.2) is 0 Å². The lowest BCUT2D eigenvalue weighted by molar-refractivity contribution is 0.101. The molecule has 0 bridgehead atoms. The highest BCUT2D eigenvalue weighted by atomic mass is 32.2. The SMILES string of the molecule is C[S+](C)C=NC(=O)c1cccs1. The van der Waals surface area contributed by atoms with Crippen LogP contribution in [-0.2, 0) is 10.9 Å². The fraction of sp³-hybridized carbons (Fsp3) is 0.250. The van der Waals surface area contributed by atoms with Crippen LogP contribution in [0.2, 0.25) is 0 Å². The van der Waals surface area contributed by atoms with Gasteiger partial charge in [-0.15, -0.1) is 11.3 Å². The molecule has 0 saturated heterocycles. The molecule has 0 aliphatic rings. The third kappa shape index (κ3) is 2.79. The molecule has 0 atom stereocenters. The summed E-state index contributed by atoms with van der Waals surface area (Å²) in [4.78, 5) is 15.8. The van der Waals surface area contributed by atoms with Gasteiger partial charge < -0.3 is 0 Å². The summed E-state index contributed by atoms with van der Waals surface area (Å²) in [7, 11) is 0.0944. The monoisotopic (exact) mass is 200 g/mol. The van der Waals surface area contributed by atoms with Crippen LogP contribution >= 0.6 is 11.3 Å². The second-order valence-electron chi connectivity index (χ2n) is 2.40. The zero-order chi connectivity index (χ0) is 8.97. The summed E-state index contributed by atoms with van der Waals surface area (Å²) in [6.07, 6.45) is 4.04. The van der Waals surface area contributed by atoms with Crippen molar-refractivity contribution < 1.29 is 4.79 Å². The van der Waals surface area contributed by atoms with E-state index in [0.717, 1.165) is 0 Å². The van der Waals surface area contributed by atoms with Crippen molar-refractivity contribution in [2.45, 2.75) is 0 Å². The van der Waals surface area contributed by atoms with Gasteiger partial charge in [0.05, 0.1) is 4.88 Å². The number of amides is 1. The summed E-state index contributed by atoms with van der Waals surface area (Å²) in [5.41, 5.74) is 1.70. The first kappa shape index (κ1) is 9.48. The predicted molar refractivity (Wildman–Crippen MR) is 56.4 cm³/mol. The summed E-state index contributed by atoms with van der Waals surface area (Å²) in [5.74, 6) is -0.133. The van der Waals surface area contributed by atoms with Gasteiger partial charge in [0, 0.05) is 10.9 Å². The fourth-order valence-electron chi connectivity index (χ4n) is 0.617. The number of rotatable bonds is 2. The van der Waals surface area contributed by atoms with Crippen molar-refractivity contribution in [3.05, 3.63) is 22.4 Å². The Morgan fingerprint density at radius 3 is 2.92 bits per heavy atom. The van der Waals surface area contributed by atoms with Gasteiger partial charge in [0.1, 0.15) is 12.5 Å². The summed E-state index contributed by atoms with van der Waals surface area (Å²) in [6, 6.07) is 3.64. The van der Waals surface area contributed by atoms with Gasteiger partial charge in [0.2, 0.25) is 5.55 Å². The Morgan fingerprint density at radius 2 is 2.42 bits per heavy atom. The zero-order valence-corrected chi connectivity index (χ0v) is 8.61. The average Bonchev–Trinajstić information content (AvgIpc) is 2.51. The molecule has 2 nitrogen and oxygen atoms in total. The van der Waals surface area contributed by atoms with Gasteiger partial charge in [-0.3, -0.25) is 4.79 Å². The number of thiophene rings is 1. The Balaban J connectivity index is 2.62. The molecule has 0 unspecified atom stereocenters. The van der Waals surface area contributed by atoms with E-state index in [1.165, 1.54) is 11.3 Å². The minimum Gasteiger partial charge on any atom is -0.266 e. The second-order valence-corrected chi connectivity index (χ2v) is 5.31. The maximum Gasteiger partial charge on any atom is 0.290 e. The molecule has 1 amide bonds. The van der Waals surface area contributed by atoms with Gasteiger partial charge in [-0.05, 0) is 11.4 Å². The van der Waals surface area contributed by atoms with E-state index in [9.17, 15) is 4.79 Å². The first-order chi connectivity index (χ1) is 5.70. The standard InChI is InChI=1S/C8H10NOS2/c1-12(2)6-9-8(10)7-4-3-5-11-7/h3-6H,1-2H3/q+1. The molecule has 0 saturated carbocycles. The molecule has 12 heavy (non-hydrogen) atoms. The Morgan fingerprint density at radius 1 is 1.67 bits per heavy atom. The lowest BCUT2D eigenvalue weighted by atomic mass is 10.5. The summed E-state index contributed by atoms with van der Waals surface area (Å²) < 4.78 is 0. The van der Waals surface area contributed by atoms with Crippen molar-refractivity contribution in [1.82, 2.24) is 0 Å². The molecule has 4 heteroatoms. The predicted octanol–water partition coefficient (Wildman–Crippen LogP) is 1.79. The fourth-order valence-corrected chi connectivity index (χ4v) is 1.54. The molecule has 0 aromatic carbocycles. The van der Waals surface area contributed by atoms with Crippen molar-refractivity contribution >= 4 is 33.7 Å². The van der Waals surface area contributed by atoms with E-state index in [1.807, 2.05) is 24.0 Å². The zero-order valence-electron chi connectivity index (χ0n) is 6.98. The van der Waals surface area contributed by atoms with Crippen molar-refractivity contribution in [2.24, 2.45) is 4.99 Å². The Labute approximate surface area is 78.7 Å². The number of hydrogen-bond acceptors (Lipinski definition) is 2. The highest BCUT2D eigenvalue weighted by molar-refractivity contribution is 8.08. The van der Waals surface area contributed by atoms with Crippen LogP contribution in [0.25, 0.3) is 0 Å². The van der Waals surface area contributed by atoms with E-state index in [-0.39, 0.29) is 16.8 Å². The van der Waals surface area contributed by atoms with E-state index in [0.29, 0.717) is 4.88 Å². The number of hydrogen-bond donors (Lipinski definition) is 0. The molecule has 1 aromatic rings. The topological polar surface area (TPSA) is 29.4 Å². The first-order valence-electron chi connectivity index (χ1n) is 3.38. The van der Waals surface area contributed by atoms with E-state index in [4.69, 9.17) is 0 Å². The van der Waals surface area contributed by atoms with Crippen molar-refractivity contribution in [3.63, 3.8) is 0 Å². The molecular formula is C8H10NOS2+. The minimum atomic E-state index is -0.133. The van der Waals surface area contributed by atoms with Crippen LogP contribution in [0.4, 0.5) is 0 Å². The van der Waals surface area contributed by atoms with Crippen molar-refractivity contribution in [2.75, 3.05) is 12.5 Å². The highest BCUT2D eigenvalue weighted by Gasteiger charge is 2.05. The van der Waals surface area contributed by atoms with Gasteiger partial charge in [0.25, 0.3) is 5.91 Å². The maximum atomic E-state index is 11.2. The molecule has 0 fully saturated rings. The third-order valence-electron chi connectivity index (χ3n) is 1.11. The minimum absolute atomic E-state index is 0.0944. The summed E-state index contributed by atoms with van der Waals surface area (Å²) >= 11 is 1.42. The molecule has 0 N–H and O–H groups in total. The van der Waals surface area contributed by atoms with Crippen LogP contribution < -0.4 is 0 Å². The van der Waals surface area contributed by atoms with Gasteiger partial charge in [-0.2, -0.15) is 4.99 Å². The Hall–Kier alpha value is -0.610. The van der Waals surface area contributed by atoms with E-state index in [2.05, 4.69) is 4.99 Å². The molecule has 64 valence electrons. The van der Waals surface area contributed by atoms with Crippen LogP contribution in [0.1, 0.15) is 9.67 Å². The van der Waals surface area contributed by atoms with Gasteiger partial charge >= 0.3 is 0 Å². The quantitative estimate of drug-likeness (QED) is 0.406. The number of aliphatic imine (C=N–C) groups is 1. The first-order valence-corrected chi connectivity index (χ1v) is 6.37. The lowest BCUT2D eigenvalue weighted by Gasteiger charge is -1.85. The lowest BCUT2D eigenvalue weighted by Crippen LogP contribution is -1.98. The highest BCUT2D eigenvalue weighted by Crippen LogP contribution is 2.09. The number of nitrogens with zero attached hydrogens (tertiary/aromatic N) is 1. The molecule has 0 aliphatic heterocycles. The van der Waals surface area contributed by atoms with Crippen molar-refractivity contribution in [3.8, 4) is 0 Å². The van der Waals surface area contributed by atoms with Crippen molar-refractivity contribution in [1.29, 1.82) is 0 Å². The van der Waals surface area contributed by atoms with E-state index < -0.39 is 0 Å². The number of carbonyl (C=O) groups is 1. The van der Waals surface area contributed by atoms with Crippen LogP contribution in [0, 0.1) is 0 Å². The number of carbonyl (C=O) groups excluding carboxylic acids is 1. The normalized spacial score (nSPS) is 11.2. The maximum absolute atomic E-state index is 11.2. The van der Waals surface area contributed by atoms with Crippen LogP contribution in [-0.4, -0.2) is 24.0 Å². The van der Waals surface area contributed by atoms with Crippen LogP contribution in [0.3, 0.4) is 0 Å². The molecule has 0 spiro atoms. The summed E-state index contributed by atoms with van der Waals surface area (Å²) in [6.45, 7) is 0. The molecule has 0 aliphatic carbocycles. The van der Waals surface area contributed by atoms with E-state index >= 15 is 0 Å². The van der Waals surface area contributed by atoms with Gasteiger partial charge in [-0.1, -0.05) is 6.07 Å². The summed E-state index contributed by atoms with van der Waals surface area (Å²) in [5, 5.41) is 1.88. The smallest absolute Gasteiger partial charge is 0.266 e. The second kappa shape index (κ2) is 4.42. The van der Waals surface area contributed by atoms with Gasteiger partial charge in [0.15, 0.2) is 0 Å². The van der Waals surface area contributed by atoms with Crippen LogP contribution in [0.5, 0.6) is 0 Å². The third-order valence-corrected chi connectivity index (χ3v) is 2.50. The van der Waals surface area contributed by atoms with Crippen LogP contribution in [0.15, 0.2) is 22.5 Å².